The van der Waals surface area contributed by atoms with Crippen LogP contribution in [-0.4, -0.2) is 34.5 Å². The van der Waals surface area contributed by atoms with E-state index >= 15 is 0 Å². The topological polar surface area (TPSA) is 66.8 Å². The highest BCUT2D eigenvalue weighted by Crippen LogP contribution is 2.46. The summed E-state index contributed by atoms with van der Waals surface area (Å²) in [5.41, 5.74) is -1.32. The molecule has 0 aromatic carbocycles. The van der Waals surface area contributed by atoms with E-state index in [0.29, 0.717) is 13.0 Å². The lowest BCUT2D eigenvalue weighted by Crippen LogP contribution is -2.48. The van der Waals surface area contributed by atoms with Crippen LogP contribution in [0.5, 0.6) is 0 Å². The number of hydrogen-bond acceptors (Lipinski definition) is 4. The highest BCUT2D eigenvalue weighted by molar-refractivity contribution is 5.75. The molecule has 1 aliphatic heterocycles. The minimum absolute atomic E-state index is 0.0567. The second-order valence-corrected chi connectivity index (χ2v) is 4.73. The number of hydrogen-bond donors (Lipinski definition) is 2. The van der Waals surface area contributed by atoms with Gasteiger partial charge in [-0.1, -0.05) is 6.92 Å². The smallest absolute Gasteiger partial charge is 0.312 e. The van der Waals surface area contributed by atoms with Gasteiger partial charge in [-0.2, -0.15) is 0 Å². The molecule has 5 atom stereocenters. The van der Waals surface area contributed by atoms with Gasteiger partial charge in [0.2, 0.25) is 0 Å². The monoisotopic (exact) mass is 200 g/mol. The highest BCUT2D eigenvalue weighted by atomic mass is 16.5. The molecule has 0 spiro atoms. The van der Waals surface area contributed by atoms with Crippen molar-refractivity contribution >= 4 is 5.97 Å². The van der Waals surface area contributed by atoms with Crippen LogP contribution in [0, 0.1) is 17.8 Å². The summed E-state index contributed by atoms with van der Waals surface area (Å²) in [7, 11) is 0. The van der Waals surface area contributed by atoms with Crippen molar-refractivity contribution < 1.29 is 19.7 Å². The predicted octanol–water partition coefficient (Wildman–Crippen LogP) is -0.0727. The Kier molecular flexibility index (Phi) is 2.08. The fourth-order valence-corrected chi connectivity index (χ4v) is 2.67. The molecule has 2 aliphatic rings. The average molecular weight is 200 g/mol. The van der Waals surface area contributed by atoms with E-state index in [2.05, 4.69) is 0 Å². The summed E-state index contributed by atoms with van der Waals surface area (Å²) in [6.07, 6.45) is -0.320. The zero-order valence-corrected chi connectivity index (χ0v) is 8.43. The van der Waals surface area contributed by atoms with Crippen molar-refractivity contribution in [2.24, 2.45) is 17.8 Å². The summed E-state index contributed by atoms with van der Waals surface area (Å²) < 4.78 is 4.98. The highest BCUT2D eigenvalue weighted by Gasteiger charge is 2.58. The van der Waals surface area contributed by atoms with Crippen LogP contribution in [-0.2, 0) is 9.53 Å². The minimum Gasteiger partial charge on any atom is -0.465 e. The second kappa shape index (κ2) is 2.94. The Morgan fingerprint density at radius 1 is 1.57 bits per heavy atom. The molecule has 4 nitrogen and oxygen atoms in total. The minimum atomic E-state index is -1.32. The Morgan fingerprint density at radius 3 is 2.79 bits per heavy atom. The maximum absolute atomic E-state index is 11.5. The number of carbonyl (C=O) groups is 1. The first kappa shape index (κ1) is 9.93. The zero-order chi connectivity index (χ0) is 10.5. The number of carbonyl (C=O) groups excluding carboxylic acids is 1. The Balaban J connectivity index is 2.31. The molecular weight excluding hydrogens is 184 g/mol. The molecule has 0 aromatic heterocycles. The van der Waals surface area contributed by atoms with Crippen molar-refractivity contribution in [3.05, 3.63) is 0 Å². The number of aliphatic hydroxyl groups is 2. The second-order valence-electron chi connectivity index (χ2n) is 4.73. The van der Waals surface area contributed by atoms with Crippen LogP contribution in [0.25, 0.3) is 0 Å². The molecule has 1 saturated carbocycles. The predicted molar refractivity (Wildman–Crippen MR) is 48.4 cm³/mol. The molecule has 14 heavy (non-hydrogen) atoms. The lowest BCUT2D eigenvalue weighted by atomic mass is 9.79. The molecule has 0 aromatic rings. The van der Waals surface area contributed by atoms with E-state index in [-0.39, 0.29) is 17.8 Å². The van der Waals surface area contributed by atoms with Crippen molar-refractivity contribution in [2.75, 3.05) is 6.61 Å². The third-order valence-corrected chi connectivity index (χ3v) is 3.70. The van der Waals surface area contributed by atoms with E-state index in [4.69, 9.17) is 4.74 Å². The normalized spacial score (nSPS) is 52.7. The summed E-state index contributed by atoms with van der Waals surface area (Å²) in [5, 5.41) is 19.7. The van der Waals surface area contributed by atoms with Crippen LogP contribution >= 0.6 is 0 Å². The fraction of sp³-hybridized carbons (Fsp3) is 0.900. The van der Waals surface area contributed by atoms with Crippen LogP contribution in [0.2, 0.25) is 0 Å². The molecule has 2 fully saturated rings. The zero-order valence-electron chi connectivity index (χ0n) is 8.43. The largest absolute Gasteiger partial charge is 0.465 e. The molecule has 0 amide bonds. The average Bonchev–Trinajstić information content (AvgIpc) is 2.33. The lowest BCUT2D eigenvalue weighted by molar-refractivity contribution is -0.172. The number of cyclic esters (lactones) is 1. The van der Waals surface area contributed by atoms with Gasteiger partial charge in [0.15, 0.2) is 0 Å². The molecule has 0 bridgehead atoms. The molecule has 2 rings (SSSR count). The Morgan fingerprint density at radius 2 is 2.21 bits per heavy atom. The van der Waals surface area contributed by atoms with Gasteiger partial charge < -0.3 is 14.9 Å². The molecular formula is C10H16O4. The summed E-state index contributed by atoms with van der Waals surface area (Å²) in [4.78, 5) is 11.5. The lowest BCUT2D eigenvalue weighted by Gasteiger charge is -2.35. The van der Waals surface area contributed by atoms with Gasteiger partial charge in [-0.15, -0.1) is 0 Å². The third kappa shape index (κ3) is 1.17. The van der Waals surface area contributed by atoms with Crippen LogP contribution < -0.4 is 0 Å². The third-order valence-electron chi connectivity index (χ3n) is 3.70. The quantitative estimate of drug-likeness (QED) is 0.537. The van der Waals surface area contributed by atoms with Crippen LogP contribution in [0.4, 0.5) is 0 Å². The fourth-order valence-electron chi connectivity index (χ4n) is 2.67. The molecule has 0 unspecified atom stereocenters. The number of fused-ring (bicyclic) bond motifs is 1. The SMILES string of the molecule is C[C@H]1COC(=O)[C@H]2[C@@H]1C[C@H](O)[C@@]2(C)O. The summed E-state index contributed by atoms with van der Waals surface area (Å²) in [5.74, 6) is -0.640. The number of aliphatic hydroxyl groups excluding tert-OH is 1. The summed E-state index contributed by atoms with van der Waals surface area (Å²) >= 11 is 0. The van der Waals surface area contributed by atoms with Crippen molar-refractivity contribution in [1.29, 1.82) is 0 Å². The van der Waals surface area contributed by atoms with E-state index in [1.54, 1.807) is 0 Å². The van der Waals surface area contributed by atoms with Gasteiger partial charge in [-0.25, -0.2) is 0 Å². The van der Waals surface area contributed by atoms with Gasteiger partial charge >= 0.3 is 5.97 Å². The van der Waals surface area contributed by atoms with Gasteiger partial charge in [0.05, 0.1) is 18.6 Å². The van der Waals surface area contributed by atoms with E-state index in [9.17, 15) is 15.0 Å². The maximum atomic E-state index is 11.5. The number of esters is 1. The first-order valence-electron chi connectivity index (χ1n) is 5.01. The van der Waals surface area contributed by atoms with Crippen molar-refractivity contribution in [3.8, 4) is 0 Å². The summed E-state index contributed by atoms with van der Waals surface area (Å²) in [6.45, 7) is 3.91. The first-order valence-corrected chi connectivity index (χ1v) is 5.01. The van der Waals surface area contributed by atoms with Crippen LogP contribution in [0.3, 0.4) is 0 Å². The Bertz CT molecular complexity index is 261. The molecule has 1 saturated heterocycles. The molecule has 4 heteroatoms. The number of ether oxygens (including phenoxy) is 1. The first-order chi connectivity index (χ1) is 6.44. The molecule has 2 N–H and O–H groups in total. The Hall–Kier alpha value is -0.610. The van der Waals surface area contributed by atoms with Crippen molar-refractivity contribution in [3.63, 3.8) is 0 Å². The molecule has 1 aliphatic carbocycles. The maximum Gasteiger partial charge on any atom is 0.312 e. The van der Waals surface area contributed by atoms with Gasteiger partial charge in [0, 0.05) is 0 Å². The number of rotatable bonds is 0. The van der Waals surface area contributed by atoms with E-state index < -0.39 is 17.6 Å². The molecule has 1 heterocycles. The standard InChI is InChI=1S/C10H16O4/c1-5-4-14-9(12)8-6(5)3-7(11)10(8,2)13/h5-8,11,13H,3-4H2,1-2H3/t5-,6+,7-,8+,10+/m0/s1. The molecule has 0 radical (unpaired) electrons. The van der Waals surface area contributed by atoms with E-state index in [1.165, 1.54) is 6.92 Å². The van der Waals surface area contributed by atoms with Crippen molar-refractivity contribution in [2.45, 2.75) is 32.0 Å². The van der Waals surface area contributed by atoms with E-state index in [0.717, 1.165) is 0 Å². The van der Waals surface area contributed by atoms with Crippen LogP contribution in [0.15, 0.2) is 0 Å². The van der Waals surface area contributed by atoms with Gasteiger partial charge in [0.25, 0.3) is 0 Å². The van der Waals surface area contributed by atoms with Gasteiger partial charge in [-0.3, -0.25) is 4.79 Å². The van der Waals surface area contributed by atoms with Gasteiger partial charge in [-0.05, 0) is 25.2 Å². The van der Waals surface area contributed by atoms with Crippen LogP contribution in [0.1, 0.15) is 20.3 Å². The summed E-state index contributed by atoms with van der Waals surface area (Å²) in [6, 6.07) is 0. The molecule has 80 valence electrons. The van der Waals surface area contributed by atoms with Gasteiger partial charge in [0.1, 0.15) is 5.60 Å². The van der Waals surface area contributed by atoms with Crippen molar-refractivity contribution in [1.82, 2.24) is 0 Å². The van der Waals surface area contributed by atoms with E-state index in [1.807, 2.05) is 6.92 Å². The Labute approximate surface area is 82.9 Å².